The summed E-state index contributed by atoms with van der Waals surface area (Å²) in [7, 11) is 0. The molecule has 22 heavy (non-hydrogen) atoms. The maximum absolute atomic E-state index is 10.2. The Balaban J connectivity index is 2.55. The Hall–Kier alpha value is -0.900. The van der Waals surface area contributed by atoms with Crippen LogP contribution in [0.15, 0.2) is 24.3 Å². The highest BCUT2D eigenvalue weighted by molar-refractivity contribution is 5.25. The summed E-state index contributed by atoms with van der Waals surface area (Å²) in [6, 6.07) is 8.47. The van der Waals surface area contributed by atoms with E-state index in [0.29, 0.717) is 31.6 Å². The molecule has 0 amide bonds. The van der Waals surface area contributed by atoms with Gasteiger partial charge >= 0.3 is 0 Å². The largest absolute Gasteiger partial charge is 0.389 e. The Morgan fingerprint density at radius 1 is 1.00 bits per heavy atom. The quantitative estimate of drug-likeness (QED) is 0.718. The summed E-state index contributed by atoms with van der Waals surface area (Å²) in [4.78, 5) is 2.33. The molecule has 0 fully saturated rings. The van der Waals surface area contributed by atoms with Gasteiger partial charge in [-0.3, -0.25) is 4.90 Å². The highest BCUT2D eigenvalue weighted by Crippen LogP contribution is 2.12. The summed E-state index contributed by atoms with van der Waals surface area (Å²) in [5, 5.41) is 10.2. The number of hydrogen-bond acceptors (Lipinski definition) is 3. The highest BCUT2D eigenvalue weighted by Gasteiger charge is 2.15. The molecule has 1 aromatic rings. The van der Waals surface area contributed by atoms with Crippen molar-refractivity contribution in [3.8, 4) is 0 Å². The molecule has 1 atom stereocenters. The van der Waals surface area contributed by atoms with Gasteiger partial charge < -0.3 is 9.84 Å². The second kappa shape index (κ2) is 9.98. The van der Waals surface area contributed by atoms with Crippen LogP contribution in [0.4, 0.5) is 0 Å². The molecule has 0 heterocycles. The molecule has 1 N–H and O–H groups in total. The van der Waals surface area contributed by atoms with E-state index in [4.69, 9.17) is 4.74 Å². The van der Waals surface area contributed by atoms with E-state index in [9.17, 15) is 5.11 Å². The molecular weight excluding hydrogens is 274 g/mol. The number of hydrogen-bond donors (Lipinski definition) is 1. The fourth-order valence-corrected chi connectivity index (χ4v) is 2.54. The lowest BCUT2D eigenvalue weighted by Gasteiger charge is -2.27. The molecule has 0 aliphatic carbocycles. The first-order valence-corrected chi connectivity index (χ1v) is 8.41. The summed E-state index contributed by atoms with van der Waals surface area (Å²) in [5.41, 5.74) is 2.64. The van der Waals surface area contributed by atoms with E-state index >= 15 is 0 Å². The van der Waals surface area contributed by atoms with Crippen molar-refractivity contribution < 1.29 is 9.84 Å². The predicted octanol–water partition coefficient (Wildman–Crippen LogP) is 3.49. The monoisotopic (exact) mass is 307 g/mol. The number of aryl methyl sites for hydroxylation is 1. The fraction of sp³-hybridized carbons (Fsp3) is 0.684. The van der Waals surface area contributed by atoms with Gasteiger partial charge in [-0.15, -0.1) is 0 Å². The lowest BCUT2D eigenvalue weighted by molar-refractivity contribution is 0.00520. The Bertz CT molecular complexity index is 418. The normalized spacial score (nSPS) is 13.3. The smallest absolute Gasteiger partial charge is 0.0900 e. The lowest BCUT2D eigenvalue weighted by atomic mass is 10.1. The van der Waals surface area contributed by atoms with E-state index in [2.05, 4.69) is 63.8 Å². The second-order valence-corrected chi connectivity index (χ2v) is 7.10. The van der Waals surface area contributed by atoms with Crippen LogP contribution in [0.2, 0.25) is 0 Å². The van der Waals surface area contributed by atoms with Crippen LogP contribution >= 0.6 is 0 Å². The summed E-state index contributed by atoms with van der Waals surface area (Å²) < 4.78 is 5.56. The van der Waals surface area contributed by atoms with Crippen LogP contribution in [0.3, 0.4) is 0 Å². The number of aliphatic hydroxyl groups excluding tert-OH is 1. The van der Waals surface area contributed by atoms with Crippen LogP contribution < -0.4 is 0 Å². The van der Waals surface area contributed by atoms with Gasteiger partial charge in [0.1, 0.15) is 0 Å². The van der Waals surface area contributed by atoms with Gasteiger partial charge in [0.2, 0.25) is 0 Å². The first-order valence-electron chi connectivity index (χ1n) is 8.41. The Morgan fingerprint density at radius 2 is 1.68 bits per heavy atom. The standard InChI is InChI=1S/C19H33NO2/c1-15(2)10-20(11-18-9-7-6-8-17(18)5)12-19(21)14-22-13-16(3)4/h6-9,15-16,19,21H,10-14H2,1-5H3. The molecule has 0 bridgehead atoms. The maximum atomic E-state index is 10.2. The minimum Gasteiger partial charge on any atom is -0.389 e. The van der Waals surface area contributed by atoms with Gasteiger partial charge in [0.05, 0.1) is 12.7 Å². The summed E-state index contributed by atoms with van der Waals surface area (Å²) >= 11 is 0. The van der Waals surface area contributed by atoms with Crippen molar-refractivity contribution in [1.82, 2.24) is 4.90 Å². The van der Waals surface area contributed by atoms with Crippen LogP contribution in [-0.4, -0.2) is 42.4 Å². The van der Waals surface area contributed by atoms with Gasteiger partial charge in [-0.2, -0.15) is 0 Å². The molecule has 0 spiro atoms. The number of ether oxygens (including phenoxy) is 1. The highest BCUT2D eigenvalue weighted by atomic mass is 16.5. The molecule has 3 heteroatoms. The molecule has 0 aliphatic rings. The number of nitrogens with zero attached hydrogens (tertiary/aromatic N) is 1. The molecule has 1 unspecified atom stereocenters. The van der Waals surface area contributed by atoms with E-state index in [-0.39, 0.29) is 0 Å². The molecule has 126 valence electrons. The minimum atomic E-state index is -0.429. The van der Waals surface area contributed by atoms with Crippen molar-refractivity contribution in [3.05, 3.63) is 35.4 Å². The van der Waals surface area contributed by atoms with Crippen LogP contribution in [0, 0.1) is 18.8 Å². The van der Waals surface area contributed by atoms with E-state index < -0.39 is 6.10 Å². The zero-order valence-corrected chi connectivity index (χ0v) is 14.9. The van der Waals surface area contributed by atoms with E-state index in [0.717, 1.165) is 13.1 Å². The van der Waals surface area contributed by atoms with Crippen LogP contribution in [0.5, 0.6) is 0 Å². The second-order valence-electron chi connectivity index (χ2n) is 7.10. The molecule has 0 radical (unpaired) electrons. The van der Waals surface area contributed by atoms with Crippen molar-refractivity contribution in [2.75, 3.05) is 26.3 Å². The van der Waals surface area contributed by atoms with Gasteiger partial charge in [-0.05, 0) is 29.9 Å². The van der Waals surface area contributed by atoms with Gasteiger partial charge in [0.15, 0.2) is 0 Å². The summed E-state index contributed by atoms with van der Waals surface area (Å²) in [6.45, 7) is 14.5. The average molecular weight is 307 g/mol. The van der Waals surface area contributed by atoms with Gasteiger partial charge in [-0.25, -0.2) is 0 Å². The van der Waals surface area contributed by atoms with E-state index in [1.807, 2.05) is 0 Å². The van der Waals surface area contributed by atoms with Crippen molar-refractivity contribution in [2.24, 2.45) is 11.8 Å². The summed E-state index contributed by atoms with van der Waals surface area (Å²) in [5.74, 6) is 1.08. The van der Waals surface area contributed by atoms with E-state index in [1.54, 1.807) is 0 Å². The molecular formula is C19H33NO2. The summed E-state index contributed by atoms with van der Waals surface area (Å²) in [6.07, 6.45) is -0.429. The Kier molecular flexibility index (Phi) is 8.69. The van der Waals surface area contributed by atoms with Gasteiger partial charge in [-0.1, -0.05) is 52.0 Å². The minimum absolute atomic E-state index is 0.417. The molecule has 0 saturated heterocycles. The Labute approximate surface area is 136 Å². The van der Waals surface area contributed by atoms with E-state index in [1.165, 1.54) is 11.1 Å². The maximum Gasteiger partial charge on any atom is 0.0900 e. The first kappa shape index (κ1) is 19.1. The van der Waals surface area contributed by atoms with Crippen molar-refractivity contribution >= 4 is 0 Å². The third-order valence-corrected chi connectivity index (χ3v) is 3.51. The topological polar surface area (TPSA) is 32.7 Å². The molecule has 0 aliphatic heterocycles. The van der Waals surface area contributed by atoms with Gasteiger partial charge in [0, 0.05) is 26.2 Å². The molecule has 0 aromatic heterocycles. The fourth-order valence-electron chi connectivity index (χ4n) is 2.54. The number of rotatable bonds is 10. The predicted molar refractivity (Wildman–Crippen MR) is 93.0 cm³/mol. The molecule has 0 saturated carbocycles. The average Bonchev–Trinajstić information content (AvgIpc) is 2.40. The third kappa shape index (κ3) is 7.92. The number of benzene rings is 1. The first-order chi connectivity index (χ1) is 10.4. The lowest BCUT2D eigenvalue weighted by Crippen LogP contribution is -2.37. The Morgan fingerprint density at radius 3 is 2.27 bits per heavy atom. The zero-order valence-electron chi connectivity index (χ0n) is 14.9. The van der Waals surface area contributed by atoms with Crippen LogP contribution in [-0.2, 0) is 11.3 Å². The van der Waals surface area contributed by atoms with Crippen molar-refractivity contribution in [2.45, 2.75) is 47.3 Å². The van der Waals surface area contributed by atoms with Crippen molar-refractivity contribution in [1.29, 1.82) is 0 Å². The van der Waals surface area contributed by atoms with Crippen LogP contribution in [0.25, 0.3) is 0 Å². The van der Waals surface area contributed by atoms with Crippen LogP contribution in [0.1, 0.15) is 38.8 Å². The van der Waals surface area contributed by atoms with Crippen molar-refractivity contribution in [3.63, 3.8) is 0 Å². The molecule has 1 rings (SSSR count). The zero-order chi connectivity index (χ0) is 16.5. The molecule has 1 aromatic carbocycles. The molecule has 3 nitrogen and oxygen atoms in total. The van der Waals surface area contributed by atoms with Gasteiger partial charge in [0.25, 0.3) is 0 Å². The third-order valence-electron chi connectivity index (χ3n) is 3.51. The number of aliphatic hydroxyl groups is 1. The SMILES string of the molecule is Cc1ccccc1CN(CC(C)C)CC(O)COCC(C)C.